The third kappa shape index (κ3) is 2.34. The molecule has 1 heterocycles. The third-order valence-corrected chi connectivity index (χ3v) is 2.41. The lowest BCUT2D eigenvalue weighted by molar-refractivity contribution is 0.941. The van der Waals surface area contributed by atoms with E-state index >= 15 is 0 Å². The lowest BCUT2D eigenvalue weighted by atomic mass is 10.1. The van der Waals surface area contributed by atoms with Gasteiger partial charge in [0.2, 0.25) is 0 Å². The second-order valence-electron chi connectivity index (χ2n) is 3.77. The standard InChI is InChI=1S/C14H14N2/c1-3-12-9-15-14(16-10-12)13-7-5-4-6-11(2)8-13/h3-11H,1H2,2H3. The summed E-state index contributed by atoms with van der Waals surface area (Å²) in [5.41, 5.74) is 2.00. The van der Waals surface area contributed by atoms with Crippen molar-refractivity contribution in [1.82, 2.24) is 9.97 Å². The lowest BCUT2D eigenvalue weighted by Crippen LogP contribution is -1.94. The molecule has 16 heavy (non-hydrogen) atoms. The van der Waals surface area contributed by atoms with Crippen molar-refractivity contribution in [2.24, 2.45) is 5.92 Å². The molecule has 1 atom stereocenters. The molecule has 1 aromatic rings. The number of allylic oxidation sites excluding steroid dienone is 6. The number of hydrogen-bond donors (Lipinski definition) is 0. The first-order valence-corrected chi connectivity index (χ1v) is 5.31. The molecular formula is C14H14N2. The van der Waals surface area contributed by atoms with Crippen molar-refractivity contribution in [3.05, 3.63) is 60.7 Å². The Morgan fingerprint density at radius 1 is 1.25 bits per heavy atom. The van der Waals surface area contributed by atoms with Gasteiger partial charge in [0.25, 0.3) is 0 Å². The summed E-state index contributed by atoms with van der Waals surface area (Å²) in [6, 6.07) is 0. The SMILES string of the molecule is C=Cc1cnc(C2=CC(C)C=CC=C2)nc1. The van der Waals surface area contributed by atoms with Gasteiger partial charge in [-0.3, -0.25) is 0 Å². The van der Waals surface area contributed by atoms with Crippen molar-refractivity contribution in [3.8, 4) is 0 Å². The molecule has 1 unspecified atom stereocenters. The van der Waals surface area contributed by atoms with Crippen molar-refractivity contribution in [1.29, 1.82) is 0 Å². The topological polar surface area (TPSA) is 25.8 Å². The monoisotopic (exact) mass is 210 g/mol. The zero-order valence-corrected chi connectivity index (χ0v) is 9.30. The van der Waals surface area contributed by atoms with Crippen molar-refractivity contribution in [2.75, 3.05) is 0 Å². The molecule has 0 saturated carbocycles. The second-order valence-corrected chi connectivity index (χ2v) is 3.77. The van der Waals surface area contributed by atoms with Crippen LogP contribution in [0.25, 0.3) is 11.6 Å². The van der Waals surface area contributed by atoms with Crippen LogP contribution in [0, 0.1) is 5.92 Å². The number of rotatable bonds is 2. The first kappa shape index (κ1) is 10.6. The smallest absolute Gasteiger partial charge is 0.158 e. The molecule has 80 valence electrons. The molecule has 1 aliphatic rings. The Hall–Kier alpha value is -1.96. The summed E-state index contributed by atoms with van der Waals surface area (Å²) >= 11 is 0. The molecule has 0 N–H and O–H groups in total. The molecule has 0 fully saturated rings. The maximum Gasteiger partial charge on any atom is 0.158 e. The van der Waals surface area contributed by atoms with Crippen LogP contribution in [-0.4, -0.2) is 9.97 Å². The van der Waals surface area contributed by atoms with Gasteiger partial charge in [-0.25, -0.2) is 9.97 Å². The van der Waals surface area contributed by atoms with Crippen LogP contribution in [-0.2, 0) is 0 Å². The van der Waals surface area contributed by atoms with E-state index in [0.29, 0.717) is 5.92 Å². The zero-order valence-electron chi connectivity index (χ0n) is 9.30. The van der Waals surface area contributed by atoms with Gasteiger partial charge in [0.1, 0.15) is 0 Å². The Morgan fingerprint density at radius 2 is 2.00 bits per heavy atom. The van der Waals surface area contributed by atoms with E-state index in [1.54, 1.807) is 18.5 Å². The fourth-order valence-corrected chi connectivity index (χ4v) is 1.53. The molecule has 2 heteroatoms. The molecule has 0 bridgehead atoms. The molecule has 0 saturated heterocycles. The van der Waals surface area contributed by atoms with Crippen LogP contribution in [0.15, 0.2) is 49.4 Å². The molecular weight excluding hydrogens is 196 g/mol. The second kappa shape index (κ2) is 4.71. The van der Waals surface area contributed by atoms with Gasteiger partial charge in [-0.1, -0.05) is 50.0 Å². The van der Waals surface area contributed by atoms with Gasteiger partial charge >= 0.3 is 0 Å². The molecule has 0 aromatic carbocycles. The molecule has 0 spiro atoms. The van der Waals surface area contributed by atoms with Crippen LogP contribution in [0.1, 0.15) is 18.3 Å². The van der Waals surface area contributed by atoms with E-state index in [-0.39, 0.29) is 0 Å². The summed E-state index contributed by atoms with van der Waals surface area (Å²) in [6.45, 7) is 5.82. The fourth-order valence-electron chi connectivity index (χ4n) is 1.53. The first-order chi connectivity index (χ1) is 7.79. The number of aromatic nitrogens is 2. The fraction of sp³-hybridized carbons (Fsp3) is 0.143. The highest BCUT2D eigenvalue weighted by Gasteiger charge is 2.04. The Balaban J connectivity index is 2.33. The predicted octanol–water partition coefficient (Wildman–Crippen LogP) is 3.27. The van der Waals surface area contributed by atoms with Crippen LogP contribution < -0.4 is 0 Å². The van der Waals surface area contributed by atoms with Crippen LogP contribution in [0.3, 0.4) is 0 Å². The van der Waals surface area contributed by atoms with E-state index in [9.17, 15) is 0 Å². The Labute approximate surface area is 95.8 Å². The maximum absolute atomic E-state index is 4.32. The van der Waals surface area contributed by atoms with E-state index in [0.717, 1.165) is 17.0 Å². The maximum atomic E-state index is 4.32. The third-order valence-electron chi connectivity index (χ3n) is 2.41. The van der Waals surface area contributed by atoms with Gasteiger partial charge in [0.05, 0.1) is 0 Å². The van der Waals surface area contributed by atoms with E-state index in [4.69, 9.17) is 0 Å². The highest BCUT2D eigenvalue weighted by atomic mass is 14.9. The number of hydrogen-bond acceptors (Lipinski definition) is 2. The van der Waals surface area contributed by atoms with E-state index in [2.05, 4.69) is 35.6 Å². The summed E-state index contributed by atoms with van der Waals surface area (Å²) in [6.07, 6.45) is 15.7. The molecule has 1 aromatic heterocycles. The highest BCUT2D eigenvalue weighted by Crippen LogP contribution is 2.18. The normalized spacial score (nSPS) is 19.1. The van der Waals surface area contributed by atoms with Crippen LogP contribution in [0.2, 0.25) is 0 Å². The van der Waals surface area contributed by atoms with Crippen LogP contribution in [0.5, 0.6) is 0 Å². The minimum absolute atomic E-state index is 0.410. The van der Waals surface area contributed by atoms with Gasteiger partial charge in [-0.15, -0.1) is 0 Å². The van der Waals surface area contributed by atoms with Gasteiger partial charge in [-0.2, -0.15) is 0 Å². The van der Waals surface area contributed by atoms with Crippen molar-refractivity contribution >= 4 is 11.6 Å². The van der Waals surface area contributed by atoms with Gasteiger partial charge in [0, 0.05) is 23.5 Å². The predicted molar refractivity (Wildman–Crippen MR) is 67.5 cm³/mol. The Kier molecular flexibility index (Phi) is 3.10. The average molecular weight is 210 g/mol. The summed E-state index contributed by atoms with van der Waals surface area (Å²) in [5, 5.41) is 0. The average Bonchev–Trinajstić information content (AvgIpc) is 2.54. The summed E-state index contributed by atoms with van der Waals surface area (Å²) in [5.74, 6) is 1.17. The molecule has 2 rings (SSSR count). The Morgan fingerprint density at radius 3 is 2.69 bits per heavy atom. The largest absolute Gasteiger partial charge is 0.236 e. The van der Waals surface area contributed by atoms with Crippen molar-refractivity contribution in [3.63, 3.8) is 0 Å². The summed E-state index contributed by atoms with van der Waals surface area (Å²) in [4.78, 5) is 8.64. The molecule has 0 radical (unpaired) electrons. The highest BCUT2D eigenvalue weighted by molar-refractivity contribution is 5.71. The van der Waals surface area contributed by atoms with E-state index in [1.807, 2.05) is 18.2 Å². The first-order valence-electron chi connectivity index (χ1n) is 5.31. The molecule has 2 nitrogen and oxygen atoms in total. The van der Waals surface area contributed by atoms with Crippen LogP contribution in [0.4, 0.5) is 0 Å². The summed E-state index contributed by atoms with van der Waals surface area (Å²) in [7, 11) is 0. The lowest BCUT2D eigenvalue weighted by Gasteiger charge is -2.02. The Bertz CT molecular complexity index is 464. The molecule has 0 amide bonds. The molecule has 0 aliphatic heterocycles. The van der Waals surface area contributed by atoms with E-state index < -0.39 is 0 Å². The van der Waals surface area contributed by atoms with Gasteiger partial charge in [-0.05, 0) is 5.92 Å². The van der Waals surface area contributed by atoms with Gasteiger partial charge in [0.15, 0.2) is 5.82 Å². The van der Waals surface area contributed by atoms with Crippen molar-refractivity contribution in [2.45, 2.75) is 6.92 Å². The quantitative estimate of drug-likeness (QED) is 0.748. The van der Waals surface area contributed by atoms with Crippen LogP contribution >= 0.6 is 0 Å². The zero-order chi connectivity index (χ0) is 11.4. The minimum atomic E-state index is 0.410. The van der Waals surface area contributed by atoms with Crippen molar-refractivity contribution < 1.29 is 0 Å². The summed E-state index contributed by atoms with van der Waals surface area (Å²) < 4.78 is 0. The number of nitrogens with zero attached hydrogens (tertiary/aromatic N) is 2. The minimum Gasteiger partial charge on any atom is -0.236 e. The van der Waals surface area contributed by atoms with Gasteiger partial charge < -0.3 is 0 Å². The molecule has 1 aliphatic carbocycles. The van der Waals surface area contributed by atoms with E-state index in [1.165, 1.54) is 0 Å².